The lowest BCUT2D eigenvalue weighted by molar-refractivity contribution is 0.159. The maximum absolute atomic E-state index is 5.58. The molecule has 1 unspecified atom stereocenters. The molecule has 0 aromatic heterocycles. The second-order valence-corrected chi connectivity index (χ2v) is 10.5. The predicted octanol–water partition coefficient (Wildman–Crippen LogP) is 7.02. The fourth-order valence-corrected chi connectivity index (χ4v) is 4.83. The van der Waals surface area contributed by atoms with Crippen LogP contribution >= 0.6 is 11.6 Å². The Labute approximate surface area is 146 Å². The molecule has 0 nitrogen and oxygen atoms in total. The minimum Gasteiger partial charge on any atom is -0.227 e. The van der Waals surface area contributed by atoms with Crippen LogP contribution < -0.4 is 0 Å². The van der Waals surface area contributed by atoms with Gasteiger partial charge >= 0.3 is 0 Å². The molecular weight excluding hydrogens is 283 g/mol. The summed E-state index contributed by atoms with van der Waals surface area (Å²) < 4.78 is 0. The van der Waals surface area contributed by atoms with Gasteiger partial charge in [0.15, 0.2) is 7.12 Å². The van der Waals surface area contributed by atoms with Crippen LogP contribution in [-0.4, -0.2) is 12.9 Å². The third kappa shape index (κ3) is 9.53. The molecule has 1 aliphatic rings. The lowest BCUT2D eigenvalue weighted by Crippen LogP contribution is -2.24. The topological polar surface area (TPSA) is 0 Å². The fraction of sp³-hybridized carbons (Fsp3) is 1.00. The first kappa shape index (κ1) is 20.5. The summed E-state index contributed by atoms with van der Waals surface area (Å²) in [4.78, 5) is 0. The molecule has 1 rings (SSSR count). The maximum atomic E-state index is 5.58. The zero-order valence-corrected chi connectivity index (χ0v) is 16.7. The Hall–Kier alpha value is 0.415. The van der Waals surface area contributed by atoms with Gasteiger partial charge in [-0.2, -0.15) is 0 Å². The van der Waals surface area contributed by atoms with E-state index in [1.54, 1.807) is 0 Å². The van der Waals surface area contributed by atoms with Gasteiger partial charge in [-0.1, -0.05) is 66.7 Å². The monoisotopic (exact) mass is 322 g/mol. The summed E-state index contributed by atoms with van der Waals surface area (Å²) in [5.41, 5.74) is 0.933. The van der Waals surface area contributed by atoms with E-state index in [1.807, 2.05) is 0 Å². The van der Waals surface area contributed by atoms with E-state index in [2.05, 4.69) is 34.6 Å². The average Bonchev–Trinajstić information content (AvgIpc) is 2.37. The fourth-order valence-electron chi connectivity index (χ4n) is 4.52. The smallest absolute Gasteiger partial charge is 0.161 e. The first-order valence-electron chi connectivity index (χ1n) is 9.53. The minimum atomic E-state index is 0.461. The second kappa shape index (κ2) is 9.65. The molecule has 1 saturated carbocycles. The SMILES string of the molecule is [B]SCCCC(C)(C)CC(CC1CCCCC1)CC(C)(C)C. The van der Waals surface area contributed by atoms with Crippen LogP contribution in [-0.2, 0) is 0 Å². The van der Waals surface area contributed by atoms with Gasteiger partial charge in [-0.25, -0.2) is 11.6 Å². The van der Waals surface area contributed by atoms with Crippen molar-refractivity contribution in [3.05, 3.63) is 0 Å². The summed E-state index contributed by atoms with van der Waals surface area (Å²) in [6.07, 6.45) is 14.3. The molecule has 128 valence electrons. The van der Waals surface area contributed by atoms with Crippen LogP contribution in [0.5, 0.6) is 0 Å². The summed E-state index contributed by atoms with van der Waals surface area (Å²) in [6, 6.07) is 0. The van der Waals surface area contributed by atoms with Crippen molar-refractivity contribution < 1.29 is 0 Å². The van der Waals surface area contributed by atoms with Crippen LogP contribution in [0.15, 0.2) is 0 Å². The van der Waals surface area contributed by atoms with Crippen molar-refractivity contribution in [3.63, 3.8) is 0 Å². The van der Waals surface area contributed by atoms with E-state index in [4.69, 9.17) is 7.12 Å². The zero-order valence-electron chi connectivity index (χ0n) is 15.9. The van der Waals surface area contributed by atoms with Gasteiger partial charge in [-0.3, -0.25) is 0 Å². The molecule has 0 amide bonds. The van der Waals surface area contributed by atoms with E-state index in [9.17, 15) is 0 Å². The molecule has 0 aliphatic heterocycles. The van der Waals surface area contributed by atoms with Gasteiger partial charge < -0.3 is 0 Å². The van der Waals surface area contributed by atoms with Gasteiger partial charge in [-0.15, -0.1) is 0 Å². The van der Waals surface area contributed by atoms with Crippen LogP contribution in [0.25, 0.3) is 0 Å². The summed E-state index contributed by atoms with van der Waals surface area (Å²) >= 11 is 1.50. The first-order valence-corrected chi connectivity index (χ1v) is 10.6. The normalized spacial score (nSPS) is 19.3. The molecule has 0 heterocycles. The highest BCUT2D eigenvalue weighted by Gasteiger charge is 2.28. The largest absolute Gasteiger partial charge is 0.227 e. The molecule has 1 atom stereocenters. The lowest BCUT2D eigenvalue weighted by atomic mass is 9.70. The van der Waals surface area contributed by atoms with Gasteiger partial charge in [0.25, 0.3) is 0 Å². The van der Waals surface area contributed by atoms with Gasteiger partial charge in [0.1, 0.15) is 0 Å². The Bertz CT molecular complexity index is 287. The Morgan fingerprint density at radius 1 is 1.00 bits per heavy atom. The van der Waals surface area contributed by atoms with Crippen molar-refractivity contribution in [2.45, 2.75) is 98.8 Å². The van der Waals surface area contributed by atoms with Crippen LogP contribution in [0.4, 0.5) is 0 Å². The minimum absolute atomic E-state index is 0.461. The van der Waals surface area contributed by atoms with E-state index >= 15 is 0 Å². The lowest BCUT2D eigenvalue weighted by Gasteiger charge is -2.36. The highest BCUT2D eigenvalue weighted by atomic mass is 32.2. The summed E-state index contributed by atoms with van der Waals surface area (Å²) in [6.45, 7) is 12.2. The Morgan fingerprint density at radius 3 is 2.18 bits per heavy atom. The van der Waals surface area contributed by atoms with E-state index in [0.717, 1.165) is 17.6 Å². The van der Waals surface area contributed by atoms with E-state index in [0.29, 0.717) is 10.8 Å². The molecule has 1 aliphatic carbocycles. The highest BCUT2D eigenvalue weighted by Crippen LogP contribution is 2.41. The molecule has 1 fully saturated rings. The molecule has 0 aromatic carbocycles. The summed E-state index contributed by atoms with van der Waals surface area (Å²) in [5.74, 6) is 3.02. The second-order valence-electron chi connectivity index (χ2n) is 9.71. The maximum Gasteiger partial charge on any atom is 0.161 e. The Morgan fingerprint density at radius 2 is 1.64 bits per heavy atom. The third-order valence-corrected chi connectivity index (χ3v) is 5.77. The Balaban J connectivity index is 2.55. The highest BCUT2D eigenvalue weighted by molar-refractivity contribution is 8.19. The molecule has 22 heavy (non-hydrogen) atoms. The zero-order chi connectivity index (χ0) is 16.6. The van der Waals surface area contributed by atoms with Crippen LogP contribution in [0.2, 0.25) is 0 Å². The van der Waals surface area contributed by atoms with Crippen molar-refractivity contribution in [3.8, 4) is 0 Å². The average molecular weight is 322 g/mol. The number of rotatable bonds is 9. The van der Waals surface area contributed by atoms with Gasteiger partial charge in [-0.05, 0) is 60.5 Å². The molecule has 0 aromatic rings. The summed E-state index contributed by atoms with van der Waals surface area (Å²) in [5, 5.41) is 0. The van der Waals surface area contributed by atoms with Crippen molar-refractivity contribution >= 4 is 18.7 Å². The predicted molar refractivity (Wildman–Crippen MR) is 105 cm³/mol. The van der Waals surface area contributed by atoms with Crippen LogP contribution in [0.3, 0.4) is 0 Å². The summed E-state index contributed by atoms with van der Waals surface area (Å²) in [7, 11) is 5.58. The molecule has 0 spiro atoms. The Kier molecular flexibility index (Phi) is 8.97. The number of hydrogen-bond acceptors (Lipinski definition) is 1. The number of hydrogen-bond donors (Lipinski definition) is 0. The molecule has 0 N–H and O–H groups in total. The van der Waals surface area contributed by atoms with E-state index in [-0.39, 0.29) is 0 Å². The molecule has 0 saturated heterocycles. The van der Waals surface area contributed by atoms with Gasteiger partial charge in [0.05, 0.1) is 0 Å². The van der Waals surface area contributed by atoms with Crippen LogP contribution in [0, 0.1) is 22.7 Å². The van der Waals surface area contributed by atoms with Crippen LogP contribution in [0.1, 0.15) is 98.8 Å². The van der Waals surface area contributed by atoms with Crippen molar-refractivity contribution in [2.75, 3.05) is 5.75 Å². The third-order valence-electron chi connectivity index (χ3n) is 5.25. The van der Waals surface area contributed by atoms with Crippen molar-refractivity contribution in [2.24, 2.45) is 22.7 Å². The standard InChI is InChI=1S/C20H39BS/c1-19(2,3)15-18(14-17-10-7-6-8-11-17)16-20(4,5)12-9-13-22-21/h17-18H,6-16H2,1-5H3. The van der Waals surface area contributed by atoms with E-state index < -0.39 is 0 Å². The molecule has 2 radical (unpaired) electrons. The quantitative estimate of drug-likeness (QED) is 0.324. The molecular formula is C20H39BS. The van der Waals surface area contributed by atoms with Crippen molar-refractivity contribution in [1.29, 1.82) is 0 Å². The first-order chi connectivity index (χ1) is 10.2. The molecule has 2 heteroatoms. The molecule has 0 bridgehead atoms. The van der Waals surface area contributed by atoms with Gasteiger partial charge in [0.2, 0.25) is 0 Å². The van der Waals surface area contributed by atoms with Gasteiger partial charge in [0, 0.05) is 0 Å². The van der Waals surface area contributed by atoms with Crippen molar-refractivity contribution in [1.82, 2.24) is 0 Å². The van der Waals surface area contributed by atoms with E-state index in [1.165, 1.54) is 75.8 Å².